The average Bonchev–Trinajstić information content (AvgIpc) is 3.05. The molecule has 0 saturated heterocycles. The van der Waals surface area contributed by atoms with Gasteiger partial charge in [0.2, 0.25) is 0 Å². The number of rotatable bonds is 11. The van der Waals surface area contributed by atoms with Crippen molar-refractivity contribution in [3.63, 3.8) is 0 Å². The summed E-state index contributed by atoms with van der Waals surface area (Å²) in [7, 11) is 0. The van der Waals surface area contributed by atoms with Crippen molar-refractivity contribution in [3.05, 3.63) is 180 Å². The first-order chi connectivity index (χ1) is 21.2. The quantitative estimate of drug-likeness (QED) is 0.149. The van der Waals surface area contributed by atoms with Crippen LogP contribution in [0.2, 0.25) is 0 Å². The molecule has 0 fully saturated rings. The lowest BCUT2D eigenvalue weighted by molar-refractivity contribution is 0.341. The van der Waals surface area contributed by atoms with Gasteiger partial charge >= 0.3 is 0 Å². The van der Waals surface area contributed by atoms with Gasteiger partial charge in [-0.1, -0.05) is 140 Å². The Balaban J connectivity index is 1.39. The molecule has 5 aromatic carbocycles. The van der Waals surface area contributed by atoms with Crippen LogP contribution in [0, 0.1) is 6.92 Å². The highest BCUT2D eigenvalue weighted by molar-refractivity contribution is 5.81. The lowest BCUT2D eigenvalue weighted by atomic mass is 10.1. The van der Waals surface area contributed by atoms with Crippen molar-refractivity contribution in [3.8, 4) is 5.75 Å². The van der Waals surface area contributed by atoms with Crippen LogP contribution in [0.5, 0.6) is 5.75 Å². The summed E-state index contributed by atoms with van der Waals surface area (Å²) in [6.07, 6.45) is 16.8. The number of hydrogen-bond acceptors (Lipinski definition) is 2. The van der Waals surface area contributed by atoms with Crippen LogP contribution in [0.1, 0.15) is 34.7 Å². The topological polar surface area (TPSA) is 12.5 Å². The molecular formula is C41H37NO. The molecule has 0 bridgehead atoms. The molecule has 0 amide bonds. The van der Waals surface area contributed by atoms with Gasteiger partial charge in [0.1, 0.15) is 5.75 Å². The molecule has 5 aromatic rings. The van der Waals surface area contributed by atoms with Gasteiger partial charge in [-0.2, -0.15) is 0 Å². The highest BCUT2D eigenvalue weighted by Crippen LogP contribution is 2.40. The summed E-state index contributed by atoms with van der Waals surface area (Å²) < 4.78 is 6.11. The first kappa shape index (κ1) is 29.2. The Hall–Kier alpha value is -5.34. The minimum absolute atomic E-state index is 0.602. The first-order valence-corrected chi connectivity index (χ1v) is 14.7. The second-order valence-electron chi connectivity index (χ2n) is 10.2. The second-order valence-corrected chi connectivity index (χ2v) is 10.2. The largest absolute Gasteiger partial charge is 0.492 e. The zero-order valence-electron chi connectivity index (χ0n) is 24.8. The number of benzene rings is 5. The molecule has 2 heteroatoms. The zero-order chi connectivity index (χ0) is 29.7. The fourth-order valence-electron chi connectivity index (χ4n) is 4.77. The molecule has 2 nitrogen and oxygen atoms in total. The fourth-order valence-corrected chi connectivity index (χ4v) is 4.77. The molecule has 0 aliphatic rings. The summed E-state index contributed by atoms with van der Waals surface area (Å²) >= 11 is 0. The maximum absolute atomic E-state index is 6.11. The average molecular weight is 560 g/mol. The zero-order valence-corrected chi connectivity index (χ0v) is 24.8. The molecule has 5 rings (SSSR count). The third-order valence-corrected chi connectivity index (χ3v) is 6.93. The summed E-state index contributed by atoms with van der Waals surface area (Å²) in [6.45, 7) is 4.72. The normalized spacial score (nSPS) is 11.7. The van der Waals surface area contributed by atoms with Crippen molar-refractivity contribution in [1.82, 2.24) is 0 Å². The molecular weight excluding hydrogens is 522 g/mol. The SMILES string of the molecule is CCOc1cc(C)ccc1N(c1ccc(C=CC=Cc2ccccc2)cc1)c1ccc(C=CC=Cc2ccccc2)cc1. The van der Waals surface area contributed by atoms with E-state index in [9.17, 15) is 0 Å². The van der Waals surface area contributed by atoms with E-state index in [2.05, 4.69) is 151 Å². The van der Waals surface area contributed by atoms with Gasteiger partial charge in [0, 0.05) is 11.4 Å². The van der Waals surface area contributed by atoms with Gasteiger partial charge in [-0.3, -0.25) is 0 Å². The van der Waals surface area contributed by atoms with Crippen molar-refractivity contribution < 1.29 is 4.74 Å². The maximum atomic E-state index is 6.11. The van der Waals surface area contributed by atoms with Gasteiger partial charge in [-0.15, -0.1) is 0 Å². The Morgan fingerprint density at radius 2 is 0.930 bits per heavy atom. The van der Waals surface area contributed by atoms with Crippen LogP contribution in [-0.2, 0) is 0 Å². The molecule has 0 atom stereocenters. The molecule has 0 unspecified atom stereocenters. The van der Waals surface area contributed by atoms with E-state index in [1.54, 1.807) is 0 Å². The summed E-state index contributed by atoms with van der Waals surface area (Å²) in [5, 5.41) is 0. The van der Waals surface area contributed by atoms with Gasteiger partial charge in [-0.25, -0.2) is 0 Å². The predicted octanol–water partition coefficient (Wildman–Crippen LogP) is 11.3. The van der Waals surface area contributed by atoms with Crippen LogP contribution in [0.25, 0.3) is 24.3 Å². The van der Waals surface area contributed by atoms with Gasteiger partial charge in [0.25, 0.3) is 0 Å². The van der Waals surface area contributed by atoms with Gasteiger partial charge in [-0.05, 0) is 78.1 Å². The first-order valence-electron chi connectivity index (χ1n) is 14.7. The highest BCUT2D eigenvalue weighted by Gasteiger charge is 2.17. The predicted molar refractivity (Wildman–Crippen MR) is 186 cm³/mol. The molecule has 43 heavy (non-hydrogen) atoms. The van der Waals surface area contributed by atoms with E-state index in [1.807, 2.05) is 43.3 Å². The van der Waals surface area contributed by atoms with Gasteiger partial charge in [0.15, 0.2) is 0 Å². The van der Waals surface area contributed by atoms with E-state index >= 15 is 0 Å². The minimum Gasteiger partial charge on any atom is -0.492 e. The van der Waals surface area contributed by atoms with Crippen LogP contribution >= 0.6 is 0 Å². The Morgan fingerprint density at radius 1 is 0.512 bits per heavy atom. The van der Waals surface area contributed by atoms with Crippen LogP contribution in [0.3, 0.4) is 0 Å². The number of hydrogen-bond donors (Lipinski definition) is 0. The van der Waals surface area contributed by atoms with Crippen LogP contribution in [-0.4, -0.2) is 6.61 Å². The van der Waals surface area contributed by atoms with Crippen molar-refractivity contribution >= 4 is 41.4 Å². The summed E-state index contributed by atoms with van der Waals surface area (Å²) in [5.74, 6) is 0.868. The number of ether oxygens (including phenoxy) is 1. The standard InChI is InChI=1S/C41H37NO/c1-3-43-41-32-33(2)22-31-40(41)42(38-27-23-36(24-28-38)20-12-10-18-34-14-6-4-7-15-34)39-29-25-37(26-30-39)21-13-11-19-35-16-8-5-9-17-35/h4-32H,3H2,1-2H3. The highest BCUT2D eigenvalue weighted by atomic mass is 16.5. The fraction of sp³-hybridized carbons (Fsp3) is 0.0732. The Labute approximate surface area is 256 Å². The van der Waals surface area contributed by atoms with E-state index in [-0.39, 0.29) is 0 Å². The molecule has 0 aliphatic heterocycles. The molecule has 0 aromatic heterocycles. The molecule has 0 heterocycles. The molecule has 0 radical (unpaired) electrons. The van der Waals surface area contributed by atoms with E-state index < -0.39 is 0 Å². The van der Waals surface area contributed by atoms with E-state index in [0.717, 1.165) is 33.9 Å². The van der Waals surface area contributed by atoms with Crippen molar-refractivity contribution in [2.24, 2.45) is 0 Å². The molecule has 0 N–H and O–H groups in total. The second kappa shape index (κ2) is 15.0. The maximum Gasteiger partial charge on any atom is 0.143 e. The summed E-state index contributed by atoms with van der Waals surface area (Å²) in [4.78, 5) is 2.26. The Kier molecular flexibility index (Phi) is 10.2. The summed E-state index contributed by atoms with van der Waals surface area (Å²) in [6, 6.07) is 44.3. The smallest absolute Gasteiger partial charge is 0.143 e. The lowest BCUT2D eigenvalue weighted by Crippen LogP contribution is -2.12. The van der Waals surface area contributed by atoms with Crippen LogP contribution < -0.4 is 9.64 Å². The monoisotopic (exact) mass is 559 g/mol. The van der Waals surface area contributed by atoms with E-state index in [4.69, 9.17) is 4.74 Å². The van der Waals surface area contributed by atoms with Crippen molar-refractivity contribution in [2.45, 2.75) is 13.8 Å². The molecule has 212 valence electrons. The van der Waals surface area contributed by atoms with Crippen molar-refractivity contribution in [2.75, 3.05) is 11.5 Å². The molecule has 0 aliphatic carbocycles. The Bertz CT molecular complexity index is 1590. The van der Waals surface area contributed by atoms with Crippen molar-refractivity contribution in [1.29, 1.82) is 0 Å². The number of allylic oxidation sites excluding steroid dienone is 4. The van der Waals surface area contributed by atoms with Crippen LogP contribution in [0.4, 0.5) is 17.1 Å². The minimum atomic E-state index is 0.602. The number of anilines is 3. The summed E-state index contributed by atoms with van der Waals surface area (Å²) in [5.41, 5.74) is 8.96. The number of nitrogens with zero attached hydrogens (tertiary/aromatic N) is 1. The lowest BCUT2D eigenvalue weighted by Gasteiger charge is -2.27. The van der Waals surface area contributed by atoms with Gasteiger partial charge in [0.05, 0.1) is 12.3 Å². The Morgan fingerprint density at radius 3 is 1.35 bits per heavy atom. The van der Waals surface area contributed by atoms with Crippen LogP contribution in [0.15, 0.2) is 152 Å². The third kappa shape index (κ3) is 8.34. The third-order valence-electron chi connectivity index (χ3n) is 6.93. The van der Waals surface area contributed by atoms with E-state index in [1.165, 1.54) is 16.7 Å². The van der Waals surface area contributed by atoms with E-state index in [0.29, 0.717) is 6.61 Å². The van der Waals surface area contributed by atoms with Gasteiger partial charge < -0.3 is 9.64 Å². The number of aryl methyl sites for hydroxylation is 1. The molecule has 0 spiro atoms. The molecule has 0 saturated carbocycles.